The van der Waals surface area contributed by atoms with E-state index in [1.165, 1.54) is 0 Å². The van der Waals surface area contributed by atoms with E-state index in [4.69, 9.17) is 17.3 Å². The molecule has 2 rings (SSSR count). The fraction of sp³-hybridized carbons (Fsp3) is 0.100. The highest BCUT2D eigenvalue weighted by Crippen LogP contribution is 2.22. The van der Waals surface area contributed by atoms with Crippen molar-refractivity contribution in [3.8, 4) is 0 Å². The summed E-state index contributed by atoms with van der Waals surface area (Å²) in [6, 6.07) is 6.53. The number of hydrogen-bond acceptors (Lipinski definition) is 3. The maximum absolute atomic E-state index is 11.6. The zero-order valence-corrected chi connectivity index (χ0v) is 8.86. The van der Waals surface area contributed by atoms with Gasteiger partial charge in [0, 0.05) is 5.02 Å². The molecule has 1 aliphatic heterocycles. The van der Waals surface area contributed by atoms with Gasteiger partial charge in [0.15, 0.2) is 0 Å². The minimum atomic E-state index is -0.967. The van der Waals surface area contributed by atoms with Crippen molar-refractivity contribution in [3.05, 3.63) is 34.9 Å². The van der Waals surface area contributed by atoms with Crippen LogP contribution in [0.4, 0.5) is 0 Å². The van der Waals surface area contributed by atoms with Gasteiger partial charge in [0.25, 0.3) is 5.91 Å². The van der Waals surface area contributed by atoms with Crippen LogP contribution in [0.1, 0.15) is 11.5 Å². The summed E-state index contributed by atoms with van der Waals surface area (Å²) >= 11 is 5.78. The molecule has 0 fully saturated rings. The molecule has 16 heavy (non-hydrogen) atoms. The number of benzene rings is 1. The van der Waals surface area contributed by atoms with Gasteiger partial charge in [-0.1, -0.05) is 23.7 Å². The second-order valence-electron chi connectivity index (χ2n) is 3.31. The number of amides is 2. The SMILES string of the molecule is NC1=NC(=O)C(c2cccc(Cl)c2)C(=O)N1. The number of nitrogens with two attached hydrogens (primary N) is 1. The van der Waals surface area contributed by atoms with Crippen LogP contribution in [0.25, 0.3) is 0 Å². The van der Waals surface area contributed by atoms with Crippen molar-refractivity contribution < 1.29 is 9.59 Å². The molecule has 0 aromatic heterocycles. The van der Waals surface area contributed by atoms with Crippen molar-refractivity contribution in [3.63, 3.8) is 0 Å². The Morgan fingerprint density at radius 2 is 2.12 bits per heavy atom. The van der Waals surface area contributed by atoms with Gasteiger partial charge in [0.1, 0.15) is 5.92 Å². The molecule has 0 radical (unpaired) electrons. The lowest BCUT2D eigenvalue weighted by molar-refractivity contribution is -0.129. The lowest BCUT2D eigenvalue weighted by Gasteiger charge is -2.18. The largest absolute Gasteiger partial charge is 0.369 e. The standard InChI is InChI=1S/C10H8ClN3O2/c11-6-3-1-2-5(4-6)7-8(15)13-10(12)14-9(7)16/h1-4,7H,(H3,12,13,14,15,16). The minimum Gasteiger partial charge on any atom is -0.369 e. The second kappa shape index (κ2) is 3.94. The average molecular weight is 238 g/mol. The smallest absolute Gasteiger partial charge is 0.265 e. The molecule has 0 spiro atoms. The molecule has 0 bridgehead atoms. The third-order valence-electron chi connectivity index (χ3n) is 2.17. The Balaban J connectivity index is 2.41. The third kappa shape index (κ3) is 1.90. The van der Waals surface area contributed by atoms with Gasteiger partial charge in [-0.3, -0.25) is 14.9 Å². The molecule has 1 heterocycles. The van der Waals surface area contributed by atoms with E-state index in [1.54, 1.807) is 24.3 Å². The van der Waals surface area contributed by atoms with Crippen LogP contribution in [0.2, 0.25) is 5.02 Å². The van der Waals surface area contributed by atoms with E-state index >= 15 is 0 Å². The number of nitrogens with one attached hydrogen (secondary N) is 1. The minimum absolute atomic E-state index is 0.173. The first kappa shape index (κ1) is 10.6. The summed E-state index contributed by atoms with van der Waals surface area (Å²) in [5.41, 5.74) is 5.76. The number of guanidine groups is 1. The zero-order valence-electron chi connectivity index (χ0n) is 8.11. The van der Waals surface area contributed by atoms with Crippen molar-refractivity contribution in [1.29, 1.82) is 0 Å². The third-order valence-corrected chi connectivity index (χ3v) is 2.41. The highest BCUT2D eigenvalue weighted by molar-refractivity contribution is 6.30. The Bertz CT molecular complexity index is 499. The number of carbonyl (C=O) groups excluding carboxylic acids is 2. The molecule has 0 saturated heterocycles. The lowest BCUT2D eigenvalue weighted by Crippen LogP contribution is -2.46. The average Bonchev–Trinajstić information content (AvgIpc) is 2.15. The topological polar surface area (TPSA) is 84.5 Å². The molecule has 0 aliphatic carbocycles. The van der Waals surface area contributed by atoms with Crippen LogP contribution in [-0.2, 0) is 9.59 Å². The van der Waals surface area contributed by atoms with E-state index in [0.717, 1.165) is 0 Å². The number of aliphatic imine (C=N–C) groups is 1. The van der Waals surface area contributed by atoms with Crippen LogP contribution >= 0.6 is 11.6 Å². The number of nitrogens with zero attached hydrogens (tertiary/aromatic N) is 1. The molecule has 1 aromatic rings. The molecule has 3 N–H and O–H groups in total. The van der Waals surface area contributed by atoms with E-state index in [0.29, 0.717) is 10.6 Å². The van der Waals surface area contributed by atoms with Gasteiger partial charge in [-0.2, -0.15) is 4.99 Å². The first-order valence-corrected chi connectivity index (χ1v) is 4.90. The van der Waals surface area contributed by atoms with Gasteiger partial charge in [-0.15, -0.1) is 0 Å². The maximum Gasteiger partial charge on any atom is 0.265 e. The van der Waals surface area contributed by atoms with Gasteiger partial charge in [-0.25, -0.2) is 0 Å². The summed E-state index contributed by atoms with van der Waals surface area (Å²) in [4.78, 5) is 26.6. The normalized spacial score (nSPS) is 20.3. The molecule has 1 unspecified atom stereocenters. The van der Waals surface area contributed by atoms with E-state index in [2.05, 4.69) is 10.3 Å². The van der Waals surface area contributed by atoms with Crippen molar-refractivity contribution >= 4 is 29.4 Å². The van der Waals surface area contributed by atoms with E-state index in [1.807, 2.05) is 0 Å². The molecule has 5 nitrogen and oxygen atoms in total. The van der Waals surface area contributed by atoms with Crippen LogP contribution in [0.15, 0.2) is 29.3 Å². The first-order valence-electron chi connectivity index (χ1n) is 4.52. The number of rotatable bonds is 1. The molecule has 1 aromatic carbocycles. The van der Waals surface area contributed by atoms with Crippen molar-refractivity contribution in [1.82, 2.24) is 5.32 Å². The van der Waals surface area contributed by atoms with Crippen molar-refractivity contribution in [2.24, 2.45) is 10.7 Å². The quantitative estimate of drug-likeness (QED) is 0.693. The van der Waals surface area contributed by atoms with Gasteiger partial charge >= 0.3 is 0 Å². The van der Waals surface area contributed by atoms with Crippen LogP contribution in [-0.4, -0.2) is 17.8 Å². The summed E-state index contributed by atoms with van der Waals surface area (Å²) in [5, 5.41) is 2.76. The highest BCUT2D eigenvalue weighted by atomic mass is 35.5. The fourth-order valence-corrected chi connectivity index (χ4v) is 1.70. The monoisotopic (exact) mass is 237 g/mol. The zero-order chi connectivity index (χ0) is 11.7. The predicted molar refractivity (Wildman–Crippen MR) is 59.0 cm³/mol. The highest BCUT2D eigenvalue weighted by Gasteiger charge is 2.32. The number of carbonyl (C=O) groups is 2. The molecule has 82 valence electrons. The fourth-order valence-electron chi connectivity index (χ4n) is 1.50. The van der Waals surface area contributed by atoms with Crippen molar-refractivity contribution in [2.75, 3.05) is 0 Å². The van der Waals surface area contributed by atoms with E-state index in [-0.39, 0.29) is 5.96 Å². The first-order chi connectivity index (χ1) is 7.58. The summed E-state index contributed by atoms with van der Waals surface area (Å²) in [6.45, 7) is 0. The molecule has 1 aliphatic rings. The van der Waals surface area contributed by atoms with Crippen LogP contribution in [0, 0.1) is 0 Å². The van der Waals surface area contributed by atoms with Gasteiger partial charge in [-0.05, 0) is 17.7 Å². The number of halogens is 1. The Labute approximate surface area is 96.3 Å². The maximum atomic E-state index is 11.6. The summed E-state index contributed by atoms with van der Waals surface area (Å²) < 4.78 is 0. The van der Waals surface area contributed by atoms with Gasteiger partial charge in [0.2, 0.25) is 11.9 Å². The Morgan fingerprint density at radius 1 is 1.38 bits per heavy atom. The van der Waals surface area contributed by atoms with Crippen LogP contribution < -0.4 is 11.1 Å². The molecule has 6 heteroatoms. The van der Waals surface area contributed by atoms with Crippen molar-refractivity contribution in [2.45, 2.75) is 5.92 Å². The Kier molecular flexibility index (Phi) is 2.62. The molecular weight excluding hydrogens is 230 g/mol. The summed E-state index contributed by atoms with van der Waals surface area (Å²) in [7, 11) is 0. The Morgan fingerprint density at radius 3 is 2.75 bits per heavy atom. The molecule has 1 atom stereocenters. The van der Waals surface area contributed by atoms with Crippen LogP contribution in [0.3, 0.4) is 0 Å². The molecule has 2 amide bonds. The summed E-state index contributed by atoms with van der Waals surface area (Å²) in [6.07, 6.45) is 0. The molecule has 0 saturated carbocycles. The lowest BCUT2D eigenvalue weighted by atomic mass is 9.97. The van der Waals surface area contributed by atoms with Crippen LogP contribution in [0.5, 0.6) is 0 Å². The van der Waals surface area contributed by atoms with E-state index in [9.17, 15) is 9.59 Å². The Hall–Kier alpha value is -1.88. The van der Waals surface area contributed by atoms with E-state index < -0.39 is 17.7 Å². The predicted octanol–water partition coefficient (Wildman–Crippen LogP) is 0.395. The number of hydrogen-bond donors (Lipinski definition) is 2. The molecular formula is C10H8ClN3O2. The van der Waals surface area contributed by atoms with Gasteiger partial charge in [0.05, 0.1) is 0 Å². The summed E-state index contributed by atoms with van der Waals surface area (Å²) in [5.74, 6) is -2.21. The second-order valence-corrected chi connectivity index (χ2v) is 3.75. The van der Waals surface area contributed by atoms with Gasteiger partial charge < -0.3 is 5.73 Å².